The molecule has 0 radical (unpaired) electrons. The first kappa shape index (κ1) is 23.5. The number of nitrogens with zero attached hydrogens (tertiary/aromatic N) is 4. The highest BCUT2D eigenvalue weighted by atomic mass is 16.3. The number of nitrogens with one attached hydrogen (secondary N) is 1. The fourth-order valence-electron chi connectivity index (χ4n) is 4.66. The number of carbonyl (C=O) groups is 2. The lowest BCUT2D eigenvalue weighted by atomic mass is 9.89. The molecule has 1 N–H and O–H groups in total. The van der Waals surface area contributed by atoms with Crippen molar-refractivity contribution in [3.05, 3.63) is 93.6 Å². The third-order valence-electron chi connectivity index (χ3n) is 6.59. The SMILES string of the molecule is Cc1ccc(C(=O)N(C)Cc2ccco2)c(C2CCN(C(=O)c3nc4ccccc4[nH]c3=O)CC2)n1. The molecule has 0 unspecified atom stereocenters. The predicted octanol–water partition coefficient (Wildman–Crippen LogP) is 3.51. The summed E-state index contributed by atoms with van der Waals surface area (Å²) < 4.78 is 5.38. The number of hydrogen-bond acceptors (Lipinski definition) is 6. The minimum absolute atomic E-state index is 0.0211. The summed E-state index contributed by atoms with van der Waals surface area (Å²) in [6.45, 7) is 3.16. The van der Waals surface area contributed by atoms with Gasteiger partial charge in [0.25, 0.3) is 17.4 Å². The normalized spacial score (nSPS) is 14.2. The van der Waals surface area contributed by atoms with Gasteiger partial charge in [0, 0.05) is 31.7 Å². The van der Waals surface area contributed by atoms with Crippen LogP contribution in [0.3, 0.4) is 0 Å². The fourth-order valence-corrected chi connectivity index (χ4v) is 4.66. The van der Waals surface area contributed by atoms with Gasteiger partial charge in [0.1, 0.15) is 5.76 Å². The molecule has 3 aromatic heterocycles. The molecule has 1 aliphatic heterocycles. The molecule has 1 aliphatic rings. The number of carbonyl (C=O) groups excluding carboxylic acids is 2. The van der Waals surface area contributed by atoms with E-state index in [1.807, 2.05) is 31.2 Å². The number of aromatic nitrogens is 3. The molecular weight excluding hydrogens is 458 g/mol. The van der Waals surface area contributed by atoms with Crippen LogP contribution in [-0.4, -0.2) is 56.7 Å². The summed E-state index contributed by atoms with van der Waals surface area (Å²) in [6, 6.07) is 14.4. The average Bonchev–Trinajstić information content (AvgIpc) is 3.40. The van der Waals surface area contributed by atoms with Gasteiger partial charge >= 0.3 is 0 Å². The first-order chi connectivity index (χ1) is 17.4. The number of para-hydroxylation sites is 2. The molecular formula is C27H27N5O4. The van der Waals surface area contributed by atoms with Crippen molar-refractivity contribution in [1.82, 2.24) is 24.8 Å². The van der Waals surface area contributed by atoms with E-state index < -0.39 is 5.56 Å². The Labute approximate surface area is 207 Å². The summed E-state index contributed by atoms with van der Waals surface area (Å²) in [6.07, 6.45) is 2.86. The van der Waals surface area contributed by atoms with Crippen LogP contribution in [0.5, 0.6) is 0 Å². The van der Waals surface area contributed by atoms with E-state index in [0.29, 0.717) is 54.8 Å². The van der Waals surface area contributed by atoms with Crippen LogP contribution >= 0.6 is 0 Å². The average molecular weight is 486 g/mol. The van der Waals surface area contributed by atoms with E-state index in [1.54, 1.807) is 47.4 Å². The second-order valence-electron chi connectivity index (χ2n) is 9.12. The van der Waals surface area contributed by atoms with Crippen LogP contribution in [0.4, 0.5) is 0 Å². The van der Waals surface area contributed by atoms with E-state index in [0.717, 1.165) is 11.4 Å². The van der Waals surface area contributed by atoms with Gasteiger partial charge in [-0.05, 0) is 56.2 Å². The molecule has 36 heavy (non-hydrogen) atoms. The number of likely N-dealkylation sites (tertiary alicyclic amines) is 1. The zero-order chi connectivity index (χ0) is 25.2. The predicted molar refractivity (Wildman–Crippen MR) is 134 cm³/mol. The van der Waals surface area contributed by atoms with Crippen LogP contribution in [0.1, 0.15) is 56.8 Å². The molecule has 9 heteroatoms. The topological polar surface area (TPSA) is 112 Å². The fraction of sp³-hybridized carbons (Fsp3) is 0.296. The maximum Gasteiger partial charge on any atom is 0.280 e. The van der Waals surface area contributed by atoms with Crippen molar-refractivity contribution in [2.24, 2.45) is 0 Å². The highest BCUT2D eigenvalue weighted by Gasteiger charge is 2.30. The lowest BCUT2D eigenvalue weighted by molar-refractivity contribution is 0.0699. The number of pyridine rings is 1. The number of aryl methyl sites for hydroxylation is 1. The van der Waals surface area contributed by atoms with Gasteiger partial charge in [-0.3, -0.25) is 19.4 Å². The van der Waals surface area contributed by atoms with Gasteiger partial charge in [0.05, 0.1) is 35.1 Å². The number of furan rings is 1. The lowest BCUT2D eigenvalue weighted by Gasteiger charge is -2.32. The Balaban J connectivity index is 1.32. The summed E-state index contributed by atoms with van der Waals surface area (Å²) in [4.78, 5) is 54.0. The van der Waals surface area contributed by atoms with Crippen LogP contribution in [0, 0.1) is 6.92 Å². The van der Waals surface area contributed by atoms with Crippen molar-refractivity contribution in [3.8, 4) is 0 Å². The Kier molecular flexibility index (Phi) is 6.37. The van der Waals surface area contributed by atoms with E-state index in [9.17, 15) is 14.4 Å². The van der Waals surface area contributed by atoms with E-state index in [2.05, 4.69) is 9.97 Å². The second kappa shape index (κ2) is 9.77. The summed E-state index contributed by atoms with van der Waals surface area (Å²) in [5.74, 6) is 0.218. The van der Waals surface area contributed by atoms with Gasteiger partial charge in [-0.2, -0.15) is 0 Å². The molecule has 4 aromatic rings. The highest BCUT2D eigenvalue weighted by molar-refractivity contribution is 5.95. The minimum atomic E-state index is -0.492. The first-order valence-electron chi connectivity index (χ1n) is 11.9. The Hall–Kier alpha value is -4.27. The third kappa shape index (κ3) is 4.64. The van der Waals surface area contributed by atoms with E-state index in [-0.39, 0.29) is 23.4 Å². The summed E-state index contributed by atoms with van der Waals surface area (Å²) in [5, 5.41) is 0. The maximum absolute atomic E-state index is 13.3. The van der Waals surface area contributed by atoms with E-state index in [1.165, 1.54) is 0 Å². The van der Waals surface area contributed by atoms with Gasteiger partial charge in [-0.1, -0.05) is 12.1 Å². The molecule has 1 aromatic carbocycles. The molecule has 0 saturated carbocycles. The molecule has 1 saturated heterocycles. The van der Waals surface area contributed by atoms with Gasteiger partial charge in [-0.25, -0.2) is 4.98 Å². The highest BCUT2D eigenvalue weighted by Crippen LogP contribution is 2.30. The second-order valence-corrected chi connectivity index (χ2v) is 9.12. The number of fused-ring (bicyclic) bond motifs is 1. The quantitative estimate of drug-likeness (QED) is 0.463. The Bertz CT molecular complexity index is 1470. The zero-order valence-corrected chi connectivity index (χ0v) is 20.2. The summed E-state index contributed by atoms with van der Waals surface area (Å²) in [7, 11) is 1.74. The molecule has 184 valence electrons. The zero-order valence-electron chi connectivity index (χ0n) is 20.2. The first-order valence-corrected chi connectivity index (χ1v) is 11.9. The monoisotopic (exact) mass is 485 g/mol. The lowest BCUT2D eigenvalue weighted by Crippen LogP contribution is -2.41. The Morgan fingerprint density at radius 2 is 1.86 bits per heavy atom. The smallest absolute Gasteiger partial charge is 0.280 e. The molecule has 4 heterocycles. The maximum atomic E-state index is 13.3. The van der Waals surface area contributed by atoms with Crippen LogP contribution in [0.15, 0.2) is 64.0 Å². The van der Waals surface area contributed by atoms with Crippen molar-refractivity contribution < 1.29 is 14.0 Å². The number of amides is 2. The number of hydrogen-bond donors (Lipinski definition) is 1. The molecule has 0 atom stereocenters. The van der Waals surface area contributed by atoms with Crippen molar-refractivity contribution in [2.75, 3.05) is 20.1 Å². The number of piperidine rings is 1. The largest absolute Gasteiger partial charge is 0.467 e. The van der Waals surface area contributed by atoms with Crippen molar-refractivity contribution in [3.63, 3.8) is 0 Å². The molecule has 9 nitrogen and oxygen atoms in total. The Morgan fingerprint density at radius 3 is 2.61 bits per heavy atom. The molecule has 0 bridgehead atoms. The third-order valence-corrected chi connectivity index (χ3v) is 6.59. The molecule has 0 spiro atoms. The van der Waals surface area contributed by atoms with Crippen molar-refractivity contribution in [2.45, 2.75) is 32.2 Å². The van der Waals surface area contributed by atoms with Crippen molar-refractivity contribution >= 4 is 22.8 Å². The van der Waals surface area contributed by atoms with Gasteiger partial charge < -0.3 is 19.2 Å². The van der Waals surface area contributed by atoms with E-state index >= 15 is 0 Å². The van der Waals surface area contributed by atoms with E-state index in [4.69, 9.17) is 9.40 Å². The summed E-state index contributed by atoms with van der Waals surface area (Å²) >= 11 is 0. The van der Waals surface area contributed by atoms with Crippen LogP contribution in [-0.2, 0) is 6.54 Å². The van der Waals surface area contributed by atoms with Crippen molar-refractivity contribution in [1.29, 1.82) is 0 Å². The number of benzene rings is 1. The summed E-state index contributed by atoms with van der Waals surface area (Å²) in [5.41, 5.74) is 2.72. The Morgan fingerprint density at radius 1 is 1.08 bits per heavy atom. The van der Waals surface area contributed by atoms with Crippen LogP contribution < -0.4 is 5.56 Å². The van der Waals surface area contributed by atoms with Crippen LogP contribution in [0.2, 0.25) is 0 Å². The molecule has 5 rings (SSSR count). The van der Waals surface area contributed by atoms with Gasteiger partial charge in [0.2, 0.25) is 0 Å². The van der Waals surface area contributed by atoms with Gasteiger partial charge in [0.15, 0.2) is 5.69 Å². The number of rotatable bonds is 5. The standard InChI is InChI=1S/C27H27N5O4/c1-17-9-10-20(26(34)31(2)16-19-6-5-15-36-19)23(28-17)18-11-13-32(14-12-18)27(35)24-25(33)30-22-8-4-3-7-21(22)29-24/h3-10,15,18H,11-14,16H2,1-2H3,(H,30,33). The number of aromatic amines is 1. The molecule has 2 amide bonds. The molecule has 0 aliphatic carbocycles. The van der Waals surface area contributed by atoms with Gasteiger partial charge in [-0.15, -0.1) is 0 Å². The minimum Gasteiger partial charge on any atom is -0.467 e. The van der Waals surface area contributed by atoms with Crippen LogP contribution in [0.25, 0.3) is 11.0 Å². The number of H-pyrrole nitrogens is 1. The molecule has 1 fully saturated rings.